The molecule has 2 aromatic carbocycles. The molecule has 0 aliphatic rings. The van der Waals surface area contributed by atoms with Crippen molar-refractivity contribution in [2.24, 2.45) is 0 Å². The molecule has 0 aliphatic heterocycles. The van der Waals surface area contributed by atoms with Crippen LogP contribution in [0.4, 0.5) is 24.7 Å². The fraction of sp³-hybridized carbons (Fsp3) is 0.158. The molecule has 0 atom stereocenters. The number of nitrogens with one attached hydrogen (secondary N) is 2. The van der Waals surface area contributed by atoms with E-state index in [9.17, 15) is 13.2 Å². The van der Waals surface area contributed by atoms with Gasteiger partial charge in [-0.2, -0.15) is 13.9 Å². The first-order valence-corrected chi connectivity index (χ1v) is 9.20. The summed E-state index contributed by atoms with van der Waals surface area (Å²) in [4.78, 5) is 0. The van der Waals surface area contributed by atoms with Crippen LogP contribution in [0.2, 0.25) is 5.02 Å². The van der Waals surface area contributed by atoms with Crippen molar-refractivity contribution in [3.63, 3.8) is 0 Å². The van der Waals surface area contributed by atoms with E-state index in [1.807, 2.05) is 0 Å². The van der Waals surface area contributed by atoms with E-state index in [1.165, 1.54) is 23.0 Å². The summed E-state index contributed by atoms with van der Waals surface area (Å²) in [5.41, 5.74) is 1.54. The maximum atomic E-state index is 13.8. The molecule has 152 valence electrons. The van der Waals surface area contributed by atoms with Gasteiger partial charge in [0.25, 0.3) is 0 Å². The lowest BCUT2D eigenvalue weighted by atomic mass is 10.2. The number of hydrogen-bond acceptors (Lipinski definition) is 3. The summed E-state index contributed by atoms with van der Waals surface area (Å²) in [5.74, 6) is -0.160. The zero-order valence-corrected chi connectivity index (χ0v) is 16.7. The normalized spacial score (nSPS) is 10.8. The van der Waals surface area contributed by atoms with E-state index in [-0.39, 0.29) is 39.8 Å². The molecule has 3 rings (SSSR count). The summed E-state index contributed by atoms with van der Waals surface area (Å²) in [7, 11) is 0. The van der Waals surface area contributed by atoms with Crippen molar-refractivity contribution in [1.82, 2.24) is 9.78 Å². The number of hydrogen-bond donors (Lipinski definition) is 2. The highest BCUT2D eigenvalue weighted by Gasteiger charge is 2.14. The molecule has 0 saturated carbocycles. The van der Waals surface area contributed by atoms with Crippen LogP contribution in [0.25, 0.3) is 0 Å². The summed E-state index contributed by atoms with van der Waals surface area (Å²) in [6.07, 6.45) is 1.52. The summed E-state index contributed by atoms with van der Waals surface area (Å²) in [6, 6.07) is 11.0. The van der Waals surface area contributed by atoms with E-state index >= 15 is 0 Å². The van der Waals surface area contributed by atoms with Crippen molar-refractivity contribution in [3.05, 3.63) is 70.6 Å². The van der Waals surface area contributed by atoms with Crippen LogP contribution in [0.15, 0.2) is 48.7 Å². The van der Waals surface area contributed by atoms with E-state index < -0.39 is 6.61 Å². The lowest BCUT2D eigenvalue weighted by Crippen LogP contribution is -2.20. The standard InChI is InChI=1S/C19H16ClF3N4OS/c1-11-6-7-16(28-18(22)23)15(8-11)24-19(29)25-17-13(20)10-27(26-17)9-12-4-2-3-5-14(12)21/h2-8,10,18H,9H2,1H3,(H2,24,25,26,29). The lowest BCUT2D eigenvalue weighted by Gasteiger charge is -2.14. The van der Waals surface area contributed by atoms with Crippen molar-refractivity contribution < 1.29 is 17.9 Å². The van der Waals surface area contributed by atoms with Crippen molar-refractivity contribution in [2.75, 3.05) is 10.6 Å². The number of anilines is 2. The number of ether oxygens (including phenoxy) is 1. The molecule has 5 nitrogen and oxygen atoms in total. The molecule has 3 aromatic rings. The van der Waals surface area contributed by atoms with E-state index in [2.05, 4.69) is 20.5 Å². The Balaban J connectivity index is 1.71. The highest BCUT2D eigenvalue weighted by atomic mass is 35.5. The molecule has 0 radical (unpaired) electrons. The van der Waals surface area contributed by atoms with Crippen LogP contribution < -0.4 is 15.4 Å². The minimum absolute atomic E-state index is 0.0501. The Morgan fingerprint density at radius 3 is 2.72 bits per heavy atom. The predicted molar refractivity (Wildman–Crippen MR) is 110 cm³/mol. The first-order valence-electron chi connectivity index (χ1n) is 8.41. The maximum Gasteiger partial charge on any atom is 0.387 e. The summed E-state index contributed by atoms with van der Waals surface area (Å²) in [6.45, 7) is -0.989. The van der Waals surface area contributed by atoms with Crippen LogP contribution >= 0.6 is 23.8 Å². The Labute approximate surface area is 175 Å². The number of alkyl halides is 2. The number of nitrogens with zero attached hydrogens (tertiary/aromatic N) is 2. The number of aryl methyl sites for hydroxylation is 1. The van der Waals surface area contributed by atoms with Gasteiger partial charge in [-0.05, 0) is 42.9 Å². The van der Waals surface area contributed by atoms with Crippen molar-refractivity contribution in [3.8, 4) is 5.75 Å². The fourth-order valence-corrected chi connectivity index (χ4v) is 2.97. The minimum Gasteiger partial charge on any atom is -0.433 e. The van der Waals surface area contributed by atoms with Crippen molar-refractivity contribution >= 4 is 40.4 Å². The summed E-state index contributed by atoms with van der Waals surface area (Å²) in [5, 5.41) is 10.2. The molecular weight excluding hydrogens is 425 g/mol. The van der Waals surface area contributed by atoms with E-state index in [0.717, 1.165) is 5.56 Å². The zero-order valence-electron chi connectivity index (χ0n) is 15.1. The van der Waals surface area contributed by atoms with Gasteiger partial charge >= 0.3 is 6.61 Å². The van der Waals surface area contributed by atoms with Crippen LogP contribution in [-0.4, -0.2) is 21.5 Å². The first-order chi connectivity index (χ1) is 13.8. The van der Waals surface area contributed by atoms with Gasteiger partial charge in [0.2, 0.25) is 0 Å². The van der Waals surface area contributed by atoms with E-state index in [0.29, 0.717) is 5.56 Å². The Morgan fingerprint density at radius 2 is 2.00 bits per heavy atom. The van der Waals surface area contributed by atoms with Crippen LogP contribution in [0.3, 0.4) is 0 Å². The van der Waals surface area contributed by atoms with E-state index in [4.69, 9.17) is 23.8 Å². The third-order valence-electron chi connectivity index (χ3n) is 3.84. The van der Waals surface area contributed by atoms with Gasteiger partial charge in [-0.15, -0.1) is 0 Å². The first kappa shape index (κ1) is 20.9. The van der Waals surface area contributed by atoms with Crippen molar-refractivity contribution in [2.45, 2.75) is 20.1 Å². The molecule has 0 fully saturated rings. The minimum atomic E-state index is -2.97. The highest BCUT2D eigenvalue weighted by molar-refractivity contribution is 7.80. The molecule has 1 aromatic heterocycles. The van der Waals surface area contributed by atoms with Gasteiger partial charge in [0, 0.05) is 11.8 Å². The van der Waals surface area contributed by atoms with Gasteiger partial charge in [-0.3, -0.25) is 4.68 Å². The molecule has 0 bridgehead atoms. The van der Waals surface area contributed by atoms with Crippen LogP contribution in [0.5, 0.6) is 5.75 Å². The molecule has 0 amide bonds. The number of thiocarbonyl (C=S) groups is 1. The SMILES string of the molecule is Cc1ccc(OC(F)F)c(NC(=S)Nc2nn(Cc3ccccc3F)cc2Cl)c1. The predicted octanol–water partition coefficient (Wildman–Crippen LogP) is 5.44. The molecular formula is C19H16ClF3N4OS. The third kappa shape index (κ3) is 5.61. The molecule has 0 unspecified atom stereocenters. The number of halogens is 4. The van der Waals surface area contributed by atoms with Gasteiger partial charge in [-0.25, -0.2) is 4.39 Å². The van der Waals surface area contributed by atoms with Crippen LogP contribution in [0.1, 0.15) is 11.1 Å². The number of aromatic nitrogens is 2. The van der Waals surface area contributed by atoms with Gasteiger partial charge in [-0.1, -0.05) is 35.9 Å². The van der Waals surface area contributed by atoms with Gasteiger partial charge in [0.05, 0.1) is 12.2 Å². The second kappa shape index (κ2) is 9.15. The number of benzene rings is 2. The molecule has 0 spiro atoms. The Kier molecular flexibility index (Phi) is 6.60. The molecule has 10 heteroatoms. The molecule has 2 N–H and O–H groups in total. The van der Waals surface area contributed by atoms with Crippen molar-refractivity contribution in [1.29, 1.82) is 0 Å². The smallest absolute Gasteiger partial charge is 0.387 e. The summed E-state index contributed by atoms with van der Waals surface area (Å²) < 4.78 is 45.0. The Hall–Kier alpha value is -2.78. The quantitative estimate of drug-likeness (QED) is 0.500. The van der Waals surface area contributed by atoms with Gasteiger partial charge in [0.1, 0.15) is 16.6 Å². The fourth-order valence-electron chi connectivity index (χ4n) is 2.57. The maximum absolute atomic E-state index is 13.8. The molecule has 0 aliphatic carbocycles. The third-order valence-corrected chi connectivity index (χ3v) is 4.32. The second-order valence-electron chi connectivity index (χ2n) is 6.07. The topological polar surface area (TPSA) is 51.1 Å². The van der Waals surface area contributed by atoms with Gasteiger partial charge in [0.15, 0.2) is 10.9 Å². The summed E-state index contributed by atoms with van der Waals surface area (Å²) >= 11 is 11.4. The van der Waals surface area contributed by atoms with Crippen LogP contribution in [0, 0.1) is 12.7 Å². The average Bonchev–Trinajstić information content (AvgIpc) is 2.98. The monoisotopic (exact) mass is 440 g/mol. The molecule has 0 saturated heterocycles. The average molecular weight is 441 g/mol. The van der Waals surface area contributed by atoms with E-state index in [1.54, 1.807) is 37.3 Å². The Morgan fingerprint density at radius 1 is 1.24 bits per heavy atom. The molecule has 1 heterocycles. The molecule has 29 heavy (non-hydrogen) atoms. The lowest BCUT2D eigenvalue weighted by molar-refractivity contribution is -0.0493. The second-order valence-corrected chi connectivity index (χ2v) is 6.89. The van der Waals surface area contributed by atoms with Crippen LogP contribution in [-0.2, 0) is 6.54 Å². The Bertz CT molecular complexity index is 1030. The number of rotatable bonds is 6. The van der Waals surface area contributed by atoms with Gasteiger partial charge < -0.3 is 15.4 Å². The highest BCUT2D eigenvalue weighted by Crippen LogP contribution is 2.28. The largest absolute Gasteiger partial charge is 0.433 e. The zero-order chi connectivity index (χ0) is 21.0.